The Balaban J connectivity index is 2.57. The molecule has 0 saturated carbocycles. The molecular formula is C18H31N3O. The van der Waals surface area contributed by atoms with Gasteiger partial charge in [0.2, 0.25) is 0 Å². The van der Waals surface area contributed by atoms with E-state index in [4.69, 9.17) is 5.11 Å². The molecule has 0 fully saturated rings. The van der Waals surface area contributed by atoms with Gasteiger partial charge in [0.25, 0.3) is 0 Å². The summed E-state index contributed by atoms with van der Waals surface area (Å²) in [5, 5.41) is 15.8. The first-order chi connectivity index (χ1) is 10.7. The standard InChI is InChI=1S/C18H31N3O/c1-4-7-16(10-11-22)13-20-18(19-5-2)21-14-17-9-6-8-15(3)12-17/h6,8-9,12,16,22H,4-5,7,10-11,13-14H2,1-3H3,(H2,19,20,21). The second kappa shape index (κ2) is 11.1. The Morgan fingerprint density at radius 1 is 1.23 bits per heavy atom. The highest BCUT2D eigenvalue weighted by molar-refractivity contribution is 5.79. The molecule has 0 heterocycles. The second-order valence-corrected chi connectivity index (χ2v) is 5.73. The molecular weight excluding hydrogens is 274 g/mol. The number of nitrogens with one attached hydrogen (secondary N) is 2. The minimum atomic E-state index is 0.253. The molecule has 0 bridgehead atoms. The fourth-order valence-electron chi connectivity index (χ4n) is 2.50. The van der Waals surface area contributed by atoms with Gasteiger partial charge in [-0.15, -0.1) is 0 Å². The maximum absolute atomic E-state index is 9.14. The normalized spacial score (nSPS) is 13.0. The lowest BCUT2D eigenvalue weighted by molar-refractivity contribution is 0.251. The van der Waals surface area contributed by atoms with Crippen LogP contribution in [0.1, 0.15) is 44.2 Å². The fourth-order valence-corrected chi connectivity index (χ4v) is 2.50. The summed E-state index contributed by atoms with van der Waals surface area (Å²) in [6, 6.07) is 8.43. The van der Waals surface area contributed by atoms with Gasteiger partial charge in [0.15, 0.2) is 5.96 Å². The van der Waals surface area contributed by atoms with Crippen molar-refractivity contribution in [2.24, 2.45) is 10.9 Å². The third-order valence-corrected chi connectivity index (χ3v) is 3.64. The van der Waals surface area contributed by atoms with Crippen LogP contribution in [0.2, 0.25) is 0 Å². The number of benzene rings is 1. The summed E-state index contributed by atoms with van der Waals surface area (Å²) in [5.74, 6) is 1.35. The van der Waals surface area contributed by atoms with E-state index in [9.17, 15) is 0 Å². The summed E-state index contributed by atoms with van der Waals surface area (Å²) in [4.78, 5) is 4.65. The lowest BCUT2D eigenvalue weighted by Crippen LogP contribution is -2.40. The summed E-state index contributed by atoms with van der Waals surface area (Å²) in [7, 11) is 0. The maximum Gasteiger partial charge on any atom is 0.191 e. The van der Waals surface area contributed by atoms with Crippen LogP contribution in [0.3, 0.4) is 0 Å². The van der Waals surface area contributed by atoms with E-state index in [1.807, 2.05) is 0 Å². The number of aliphatic imine (C=N–C) groups is 1. The largest absolute Gasteiger partial charge is 0.396 e. The van der Waals surface area contributed by atoms with E-state index in [0.717, 1.165) is 38.3 Å². The number of aliphatic hydroxyl groups excluding tert-OH is 1. The van der Waals surface area contributed by atoms with Crippen molar-refractivity contribution < 1.29 is 5.11 Å². The highest BCUT2D eigenvalue weighted by Gasteiger charge is 2.08. The number of hydrogen-bond donors (Lipinski definition) is 3. The van der Waals surface area contributed by atoms with Gasteiger partial charge < -0.3 is 15.7 Å². The summed E-state index contributed by atoms with van der Waals surface area (Å²) < 4.78 is 0. The molecule has 1 aromatic rings. The molecule has 0 aromatic heterocycles. The first kappa shape index (κ1) is 18.5. The third-order valence-electron chi connectivity index (χ3n) is 3.64. The van der Waals surface area contributed by atoms with Gasteiger partial charge in [-0.1, -0.05) is 43.2 Å². The van der Waals surface area contributed by atoms with Crippen LogP contribution in [0.15, 0.2) is 29.3 Å². The molecule has 1 atom stereocenters. The zero-order chi connectivity index (χ0) is 16.2. The molecule has 1 rings (SSSR count). The monoisotopic (exact) mass is 305 g/mol. The van der Waals surface area contributed by atoms with Crippen molar-refractivity contribution in [1.82, 2.24) is 10.6 Å². The first-order valence-corrected chi connectivity index (χ1v) is 8.38. The Labute approximate surface area is 135 Å². The molecule has 1 aromatic carbocycles. The van der Waals surface area contributed by atoms with Crippen molar-refractivity contribution in [2.45, 2.75) is 46.6 Å². The van der Waals surface area contributed by atoms with Crippen molar-refractivity contribution in [3.8, 4) is 0 Å². The van der Waals surface area contributed by atoms with Crippen LogP contribution in [0, 0.1) is 12.8 Å². The third kappa shape index (κ3) is 7.46. The van der Waals surface area contributed by atoms with Crippen LogP contribution >= 0.6 is 0 Å². The molecule has 0 aliphatic rings. The van der Waals surface area contributed by atoms with E-state index in [1.165, 1.54) is 11.1 Å². The number of aliphatic hydroxyl groups is 1. The van der Waals surface area contributed by atoms with Gasteiger partial charge in [-0.2, -0.15) is 0 Å². The number of nitrogens with zero attached hydrogens (tertiary/aromatic N) is 1. The van der Waals surface area contributed by atoms with Crippen LogP contribution in [0.4, 0.5) is 0 Å². The Morgan fingerprint density at radius 2 is 2.05 bits per heavy atom. The number of hydrogen-bond acceptors (Lipinski definition) is 2. The number of guanidine groups is 1. The van der Waals surface area contributed by atoms with Gasteiger partial charge in [0.05, 0.1) is 6.54 Å². The SMILES string of the molecule is CCCC(CCO)CNC(=NCc1cccc(C)c1)NCC. The molecule has 1 unspecified atom stereocenters. The van der Waals surface area contributed by atoms with E-state index in [0.29, 0.717) is 12.5 Å². The van der Waals surface area contributed by atoms with E-state index in [2.05, 4.69) is 60.7 Å². The molecule has 4 heteroatoms. The van der Waals surface area contributed by atoms with Gasteiger partial charge in [-0.05, 0) is 38.2 Å². The molecule has 0 spiro atoms. The predicted octanol–water partition coefficient (Wildman–Crippen LogP) is 2.85. The predicted molar refractivity (Wildman–Crippen MR) is 94.1 cm³/mol. The van der Waals surface area contributed by atoms with Crippen molar-refractivity contribution in [2.75, 3.05) is 19.7 Å². The van der Waals surface area contributed by atoms with E-state index in [1.54, 1.807) is 0 Å². The number of aryl methyl sites for hydroxylation is 1. The minimum Gasteiger partial charge on any atom is -0.396 e. The van der Waals surface area contributed by atoms with Crippen LogP contribution in [0.5, 0.6) is 0 Å². The van der Waals surface area contributed by atoms with Crippen molar-refractivity contribution in [1.29, 1.82) is 0 Å². The van der Waals surface area contributed by atoms with Crippen LogP contribution in [0.25, 0.3) is 0 Å². The van der Waals surface area contributed by atoms with Gasteiger partial charge in [-0.25, -0.2) is 4.99 Å². The fraction of sp³-hybridized carbons (Fsp3) is 0.611. The Bertz CT molecular complexity index is 440. The summed E-state index contributed by atoms with van der Waals surface area (Å²) in [6.07, 6.45) is 3.12. The minimum absolute atomic E-state index is 0.253. The second-order valence-electron chi connectivity index (χ2n) is 5.73. The highest BCUT2D eigenvalue weighted by Crippen LogP contribution is 2.09. The molecule has 0 saturated heterocycles. The maximum atomic E-state index is 9.14. The zero-order valence-corrected chi connectivity index (χ0v) is 14.2. The Morgan fingerprint density at radius 3 is 2.68 bits per heavy atom. The lowest BCUT2D eigenvalue weighted by atomic mass is 10.0. The van der Waals surface area contributed by atoms with Crippen LogP contribution < -0.4 is 10.6 Å². The van der Waals surface area contributed by atoms with Crippen molar-refractivity contribution in [3.05, 3.63) is 35.4 Å². The van der Waals surface area contributed by atoms with E-state index < -0.39 is 0 Å². The molecule has 22 heavy (non-hydrogen) atoms. The van der Waals surface area contributed by atoms with E-state index in [-0.39, 0.29) is 6.61 Å². The van der Waals surface area contributed by atoms with Crippen molar-refractivity contribution >= 4 is 5.96 Å². The van der Waals surface area contributed by atoms with Gasteiger partial charge in [-0.3, -0.25) is 0 Å². The van der Waals surface area contributed by atoms with Crippen LogP contribution in [-0.2, 0) is 6.54 Å². The molecule has 124 valence electrons. The highest BCUT2D eigenvalue weighted by atomic mass is 16.3. The van der Waals surface area contributed by atoms with Crippen LogP contribution in [-0.4, -0.2) is 30.8 Å². The molecule has 0 aliphatic heterocycles. The number of rotatable bonds is 9. The van der Waals surface area contributed by atoms with Crippen molar-refractivity contribution in [3.63, 3.8) is 0 Å². The van der Waals surface area contributed by atoms with Gasteiger partial charge >= 0.3 is 0 Å². The zero-order valence-electron chi connectivity index (χ0n) is 14.2. The molecule has 0 aliphatic carbocycles. The molecule has 0 amide bonds. The van der Waals surface area contributed by atoms with E-state index >= 15 is 0 Å². The summed E-state index contributed by atoms with van der Waals surface area (Å²) >= 11 is 0. The van der Waals surface area contributed by atoms with Gasteiger partial charge in [0.1, 0.15) is 0 Å². The summed E-state index contributed by atoms with van der Waals surface area (Å²) in [5.41, 5.74) is 2.48. The Hall–Kier alpha value is -1.55. The lowest BCUT2D eigenvalue weighted by Gasteiger charge is -2.18. The van der Waals surface area contributed by atoms with Gasteiger partial charge in [0, 0.05) is 19.7 Å². The Kier molecular flexibility index (Phi) is 9.31. The average molecular weight is 305 g/mol. The molecule has 0 radical (unpaired) electrons. The molecule has 4 nitrogen and oxygen atoms in total. The topological polar surface area (TPSA) is 56.6 Å². The first-order valence-electron chi connectivity index (χ1n) is 8.38. The average Bonchev–Trinajstić information content (AvgIpc) is 2.50. The smallest absolute Gasteiger partial charge is 0.191 e. The molecule has 3 N–H and O–H groups in total. The summed E-state index contributed by atoms with van der Waals surface area (Å²) in [6.45, 7) is 8.98. The quantitative estimate of drug-likeness (QED) is 0.486.